The molecule has 0 spiro atoms. The second-order valence-corrected chi connectivity index (χ2v) is 4.03. The molecule has 1 N–H and O–H groups in total. The van der Waals surface area contributed by atoms with Gasteiger partial charge in [-0.1, -0.05) is 13.8 Å². The van der Waals surface area contributed by atoms with Gasteiger partial charge in [0, 0.05) is 19.3 Å². The second-order valence-electron chi connectivity index (χ2n) is 4.03. The fourth-order valence-corrected chi connectivity index (χ4v) is 1.72. The van der Waals surface area contributed by atoms with Crippen LogP contribution >= 0.6 is 0 Å². The van der Waals surface area contributed by atoms with Gasteiger partial charge in [0.05, 0.1) is 28.2 Å². The third kappa shape index (κ3) is 5.13. The monoisotopic (exact) mass is 331 g/mol. The van der Waals surface area contributed by atoms with Crippen molar-refractivity contribution in [2.75, 3.05) is 12.4 Å². The zero-order chi connectivity index (χ0) is 17.9. The van der Waals surface area contributed by atoms with E-state index in [0.717, 1.165) is 0 Å². The maximum atomic E-state index is 11.0. The maximum Gasteiger partial charge on any atom is 0.296 e. The Hall–Kier alpha value is -3.36. The molecule has 1 aromatic heterocycles. The summed E-state index contributed by atoms with van der Waals surface area (Å²) in [6.07, 6.45) is 2.63. The van der Waals surface area contributed by atoms with Crippen LogP contribution in [0.2, 0.25) is 0 Å². The number of nitro groups is 1. The molecule has 24 heavy (non-hydrogen) atoms. The Morgan fingerprint density at radius 3 is 2.58 bits per heavy atom. The van der Waals surface area contributed by atoms with Crippen molar-refractivity contribution < 1.29 is 9.66 Å². The van der Waals surface area contributed by atoms with Crippen molar-refractivity contribution in [1.29, 1.82) is 0 Å². The molecule has 9 nitrogen and oxygen atoms in total. The molecular weight excluding hydrogens is 314 g/mol. The lowest BCUT2D eigenvalue weighted by Crippen LogP contribution is -1.97. The van der Waals surface area contributed by atoms with Crippen LogP contribution < -0.4 is 10.1 Å². The topological polar surface area (TPSA) is 119 Å². The van der Waals surface area contributed by atoms with Crippen molar-refractivity contribution >= 4 is 17.6 Å². The van der Waals surface area contributed by atoms with Gasteiger partial charge in [0.15, 0.2) is 0 Å². The van der Waals surface area contributed by atoms with Crippen LogP contribution in [0.4, 0.5) is 11.4 Å². The molecule has 0 saturated carbocycles. The molecule has 0 aliphatic heterocycles. The number of nitro benzene ring substituents is 1. The zero-order valence-electron chi connectivity index (χ0n) is 13.5. The maximum absolute atomic E-state index is 11.0. The molecule has 0 bridgehead atoms. The SMILES string of the molecule is CC.CNc1ccc(Oc2ccnc(/C=N/N=O)c2)cc1[N+](=O)[O-]. The Morgan fingerprint density at radius 1 is 1.25 bits per heavy atom. The van der Waals surface area contributed by atoms with Gasteiger partial charge in [0.1, 0.15) is 17.2 Å². The number of ether oxygens (including phenoxy) is 1. The van der Waals surface area contributed by atoms with Crippen LogP contribution in [0.5, 0.6) is 11.5 Å². The van der Waals surface area contributed by atoms with Crippen LogP contribution in [0.1, 0.15) is 19.5 Å². The van der Waals surface area contributed by atoms with Crippen molar-refractivity contribution in [2.45, 2.75) is 13.8 Å². The van der Waals surface area contributed by atoms with E-state index in [9.17, 15) is 15.0 Å². The lowest BCUT2D eigenvalue weighted by atomic mass is 10.2. The average molecular weight is 331 g/mol. The number of benzene rings is 1. The molecule has 0 amide bonds. The van der Waals surface area contributed by atoms with E-state index in [1.54, 1.807) is 25.2 Å². The fraction of sp³-hybridized carbons (Fsp3) is 0.200. The molecule has 0 aliphatic carbocycles. The highest BCUT2D eigenvalue weighted by Gasteiger charge is 2.14. The van der Waals surface area contributed by atoms with Crippen molar-refractivity contribution in [2.24, 2.45) is 10.4 Å². The lowest BCUT2D eigenvalue weighted by Gasteiger charge is -2.08. The number of aromatic nitrogens is 1. The van der Waals surface area contributed by atoms with Crippen LogP contribution in [0, 0.1) is 15.0 Å². The zero-order valence-corrected chi connectivity index (χ0v) is 13.5. The van der Waals surface area contributed by atoms with Gasteiger partial charge in [0.2, 0.25) is 0 Å². The van der Waals surface area contributed by atoms with Gasteiger partial charge >= 0.3 is 0 Å². The second kappa shape index (κ2) is 9.62. The summed E-state index contributed by atoms with van der Waals surface area (Å²) < 4.78 is 5.55. The number of hydrogen-bond donors (Lipinski definition) is 1. The van der Waals surface area contributed by atoms with Gasteiger partial charge in [-0.05, 0) is 18.2 Å². The number of nitrogens with one attached hydrogen (secondary N) is 1. The molecule has 126 valence electrons. The van der Waals surface area contributed by atoms with E-state index in [-0.39, 0.29) is 5.69 Å². The third-order valence-corrected chi connectivity index (χ3v) is 2.66. The number of rotatable bonds is 6. The smallest absolute Gasteiger partial charge is 0.296 e. The summed E-state index contributed by atoms with van der Waals surface area (Å²) >= 11 is 0. The summed E-state index contributed by atoms with van der Waals surface area (Å²) in [6, 6.07) is 7.55. The summed E-state index contributed by atoms with van der Waals surface area (Å²) in [5, 5.41) is 19.3. The molecule has 0 atom stereocenters. The van der Waals surface area contributed by atoms with Gasteiger partial charge in [-0.15, -0.1) is 10.0 Å². The molecule has 1 heterocycles. The highest BCUT2D eigenvalue weighted by atomic mass is 16.6. The summed E-state index contributed by atoms with van der Waals surface area (Å²) in [5.41, 5.74) is 0.663. The molecule has 1 aromatic carbocycles. The first-order valence-electron chi connectivity index (χ1n) is 7.10. The molecule has 9 heteroatoms. The van der Waals surface area contributed by atoms with Crippen LogP contribution in [-0.4, -0.2) is 23.2 Å². The van der Waals surface area contributed by atoms with Crippen molar-refractivity contribution in [3.8, 4) is 11.5 Å². The summed E-state index contributed by atoms with van der Waals surface area (Å²) in [7, 11) is 1.60. The molecule has 2 rings (SSSR count). The highest BCUT2D eigenvalue weighted by molar-refractivity contribution is 5.77. The van der Waals surface area contributed by atoms with Crippen LogP contribution in [-0.2, 0) is 0 Å². The Labute approximate surface area is 138 Å². The summed E-state index contributed by atoms with van der Waals surface area (Å²) in [5.74, 6) is 0.696. The lowest BCUT2D eigenvalue weighted by molar-refractivity contribution is -0.384. The largest absolute Gasteiger partial charge is 0.457 e. The minimum atomic E-state index is -0.501. The van der Waals surface area contributed by atoms with E-state index in [4.69, 9.17) is 4.74 Å². The van der Waals surface area contributed by atoms with Crippen LogP contribution in [0.15, 0.2) is 46.9 Å². The predicted molar refractivity (Wildman–Crippen MR) is 91.7 cm³/mol. The number of pyridine rings is 1. The van der Waals surface area contributed by atoms with Crippen molar-refractivity contribution in [3.05, 3.63) is 57.2 Å². The first-order valence-corrected chi connectivity index (χ1v) is 7.10. The Bertz CT molecular complexity index is 734. The minimum absolute atomic E-state index is 0.0963. The van der Waals surface area contributed by atoms with Gasteiger partial charge in [0.25, 0.3) is 5.69 Å². The molecule has 0 fully saturated rings. The number of nitrogens with zero attached hydrogens (tertiary/aromatic N) is 4. The number of nitroso groups, excluding NO2 is 1. The fourth-order valence-electron chi connectivity index (χ4n) is 1.72. The summed E-state index contributed by atoms with van der Waals surface area (Å²) in [4.78, 5) is 24.4. The van der Waals surface area contributed by atoms with Crippen LogP contribution in [0.3, 0.4) is 0 Å². The molecule has 0 aliphatic rings. The van der Waals surface area contributed by atoms with E-state index in [1.165, 1.54) is 24.5 Å². The van der Waals surface area contributed by atoms with Crippen molar-refractivity contribution in [1.82, 2.24) is 4.98 Å². The Balaban J connectivity index is 0.00000139. The van der Waals surface area contributed by atoms with E-state index in [1.807, 2.05) is 13.8 Å². The molecule has 0 unspecified atom stereocenters. The normalized spacial score (nSPS) is 9.79. The number of hydrogen-bond acceptors (Lipinski definition) is 7. The predicted octanol–water partition coefficient (Wildman–Crippen LogP) is 3.95. The standard InChI is InChI=1S/C13H11N5O4.C2H6/c1-14-12-3-2-10(7-13(12)18(20)21)22-11-4-5-15-9(6-11)8-16-17-19;1-2/h2-8,14H,1H3;1-2H3/b16-8+;. The highest BCUT2D eigenvalue weighted by Crippen LogP contribution is 2.31. The molecular formula is C15H17N5O4. The van der Waals surface area contributed by atoms with Gasteiger partial charge < -0.3 is 10.1 Å². The third-order valence-electron chi connectivity index (χ3n) is 2.66. The van der Waals surface area contributed by atoms with E-state index < -0.39 is 4.92 Å². The van der Waals surface area contributed by atoms with E-state index >= 15 is 0 Å². The number of anilines is 1. The first-order chi connectivity index (χ1) is 11.6. The van der Waals surface area contributed by atoms with Gasteiger partial charge in [-0.25, -0.2) is 0 Å². The molecule has 0 radical (unpaired) electrons. The Morgan fingerprint density at radius 2 is 1.96 bits per heavy atom. The van der Waals surface area contributed by atoms with Crippen molar-refractivity contribution in [3.63, 3.8) is 0 Å². The minimum Gasteiger partial charge on any atom is -0.457 e. The molecule has 0 saturated heterocycles. The quantitative estimate of drug-likeness (QED) is 0.370. The summed E-state index contributed by atoms with van der Waals surface area (Å²) in [6.45, 7) is 4.00. The van der Waals surface area contributed by atoms with E-state index in [0.29, 0.717) is 22.9 Å². The molecule has 2 aromatic rings. The van der Waals surface area contributed by atoms with Gasteiger partial charge in [-0.3, -0.25) is 15.1 Å². The van der Waals surface area contributed by atoms with E-state index in [2.05, 4.69) is 20.7 Å². The first kappa shape index (κ1) is 18.7. The van der Waals surface area contributed by atoms with Crippen LogP contribution in [0.25, 0.3) is 0 Å². The Kier molecular flexibility index (Phi) is 7.49. The van der Waals surface area contributed by atoms with Gasteiger partial charge in [-0.2, -0.15) is 0 Å². The average Bonchev–Trinajstić information content (AvgIpc) is 2.62.